The molecule has 3 rings (SSSR count). The molecule has 0 saturated carbocycles. The van der Waals surface area contributed by atoms with Crippen LogP contribution in [0.4, 0.5) is 5.69 Å². The van der Waals surface area contributed by atoms with E-state index >= 15 is 0 Å². The van der Waals surface area contributed by atoms with Crippen molar-refractivity contribution in [2.75, 3.05) is 5.73 Å². The summed E-state index contributed by atoms with van der Waals surface area (Å²) in [5.74, 6) is -0.103. The molecular weight excluding hydrogens is 272 g/mol. The third-order valence-corrected chi connectivity index (χ3v) is 4.14. The number of fused-ring (bicyclic) bond motifs is 1. The van der Waals surface area contributed by atoms with Crippen LogP contribution in [0, 0.1) is 6.92 Å². The average molecular weight is 286 g/mol. The molecule has 4 N–H and O–H groups in total. The Kier molecular flexibility index (Phi) is 3.15. The Balaban J connectivity index is 1.81. The molecule has 0 radical (unpaired) electrons. The van der Waals surface area contributed by atoms with Gasteiger partial charge in [0.15, 0.2) is 0 Å². The Morgan fingerprint density at radius 2 is 2.35 bits per heavy atom. The van der Waals surface area contributed by atoms with E-state index in [1.807, 2.05) is 19.1 Å². The third kappa shape index (κ3) is 2.25. The second-order valence-corrected chi connectivity index (χ2v) is 5.49. The van der Waals surface area contributed by atoms with Gasteiger partial charge in [-0.15, -0.1) is 11.3 Å². The van der Waals surface area contributed by atoms with Gasteiger partial charge in [-0.25, -0.2) is 4.98 Å². The topological polar surface area (TPSA) is 83.8 Å². The number of hydrogen-bond donors (Lipinski definition) is 3. The van der Waals surface area contributed by atoms with Crippen LogP contribution in [0.15, 0.2) is 29.9 Å². The first-order valence-corrected chi connectivity index (χ1v) is 7.07. The Hall–Kier alpha value is -2.34. The Labute approximate surface area is 119 Å². The van der Waals surface area contributed by atoms with Gasteiger partial charge in [-0.2, -0.15) is 0 Å². The fourth-order valence-corrected chi connectivity index (χ4v) is 2.80. The number of benzene rings is 1. The fourth-order valence-electron chi connectivity index (χ4n) is 2.08. The number of aromatic nitrogens is 2. The number of anilines is 1. The molecule has 0 unspecified atom stereocenters. The van der Waals surface area contributed by atoms with E-state index in [-0.39, 0.29) is 5.91 Å². The molecule has 0 saturated heterocycles. The number of thiazole rings is 1. The van der Waals surface area contributed by atoms with Crippen LogP contribution in [-0.4, -0.2) is 15.9 Å². The highest BCUT2D eigenvalue weighted by atomic mass is 32.1. The van der Waals surface area contributed by atoms with Crippen molar-refractivity contribution >= 4 is 33.8 Å². The molecule has 1 amide bonds. The monoisotopic (exact) mass is 286 g/mol. The average Bonchev–Trinajstić information content (AvgIpc) is 3.02. The van der Waals surface area contributed by atoms with Gasteiger partial charge in [0.1, 0.15) is 0 Å². The van der Waals surface area contributed by atoms with Crippen LogP contribution in [0.1, 0.15) is 20.9 Å². The standard InChI is InChI=1S/C14H14N4OS/c1-8-13(20-7-18-8)6-17-14(19)11-5-16-12-4-9(15)2-3-10(11)12/h2-5,7,16H,6,15H2,1H3,(H,17,19). The summed E-state index contributed by atoms with van der Waals surface area (Å²) in [5, 5.41) is 3.79. The summed E-state index contributed by atoms with van der Waals surface area (Å²) in [6.45, 7) is 2.43. The smallest absolute Gasteiger partial charge is 0.253 e. The molecule has 0 atom stereocenters. The van der Waals surface area contributed by atoms with Gasteiger partial charge >= 0.3 is 0 Å². The molecule has 102 valence electrons. The van der Waals surface area contributed by atoms with Crippen LogP contribution < -0.4 is 11.1 Å². The highest BCUT2D eigenvalue weighted by Gasteiger charge is 2.12. The first-order valence-electron chi connectivity index (χ1n) is 6.19. The van der Waals surface area contributed by atoms with E-state index in [9.17, 15) is 4.79 Å². The van der Waals surface area contributed by atoms with Gasteiger partial charge in [0, 0.05) is 27.7 Å². The van der Waals surface area contributed by atoms with Crippen LogP contribution in [0.2, 0.25) is 0 Å². The molecule has 2 aromatic heterocycles. The van der Waals surface area contributed by atoms with Crippen LogP contribution in [-0.2, 0) is 6.54 Å². The molecule has 5 nitrogen and oxygen atoms in total. The predicted octanol–water partition coefficient (Wildman–Crippen LogP) is 2.45. The molecule has 2 heterocycles. The number of H-pyrrole nitrogens is 1. The quantitative estimate of drug-likeness (QED) is 0.647. The SMILES string of the molecule is Cc1ncsc1CNC(=O)c1c[nH]c2cc(N)ccc12. The number of aromatic amines is 1. The maximum absolute atomic E-state index is 12.2. The van der Waals surface area contributed by atoms with E-state index in [2.05, 4.69) is 15.3 Å². The van der Waals surface area contributed by atoms with Gasteiger partial charge in [-0.1, -0.05) is 0 Å². The van der Waals surface area contributed by atoms with E-state index in [1.165, 1.54) is 0 Å². The lowest BCUT2D eigenvalue weighted by atomic mass is 10.1. The van der Waals surface area contributed by atoms with Crippen molar-refractivity contribution in [1.29, 1.82) is 0 Å². The summed E-state index contributed by atoms with van der Waals surface area (Å²) in [7, 11) is 0. The third-order valence-electron chi connectivity index (χ3n) is 3.20. The first kappa shape index (κ1) is 12.7. The highest BCUT2D eigenvalue weighted by molar-refractivity contribution is 7.09. The van der Waals surface area contributed by atoms with Crippen LogP contribution >= 0.6 is 11.3 Å². The molecule has 0 aliphatic heterocycles. The highest BCUT2D eigenvalue weighted by Crippen LogP contribution is 2.21. The van der Waals surface area contributed by atoms with Gasteiger partial charge in [-0.3, -0.25) is 4.79 Å². The molecule has 0 fully saturated rings. The molecule has 0 bridgehead atoms. The summed E-state index contributed by atoms with van der Waals surface area (Å²) < 4.78 is 0. The van der Waals surface area contributed by atoms with Crippen molar-refractivity contribution in [3.05, 3.63) is 46.0 Å². The number of carbonyl (C=O) groups excluding carboxylic acids is 1. The zero-order chi connectivity index (χ0) is 14.1. The molecular formula is C14H14N4OS. The van der Waals surface area contributed by atoms with Gasteiger partial charge < -0.3 is 16.0 Å². The van der Waals surface area contributed by atoms with Gasteiger partial charge in [0.05, 0.1) is 23.3 Å². The number of carbonyl (C=O) groups is 1. The summed E-state index contributed by atoms with van der Waals surface area (Å²) in [6, 6.07) is 5.47. The number of nitrogens with one attached hydrogen (secondary N) is 2. The zero-order valence-electron chi connectivity index (χ0n) is 10.9. The lowest BCUT2D eigenvalue weighted by Crippen LogP contribution is -2.22. The summed E-state index contributed by atoms with van der Waals surface area (Å²) in [4.78, 5) is 20.5. The molecule has 6 heteroatoms. The number of nitrogens with zero attached hydrogens (tertiary/aromatic N) is 1. The van der Waals surface area contributed by atoms with E-state index < -0.39 is 0 Å². The normalized spacial score (nSPS) is 10.8. The van der Waals surface area contributed by atoms with E-state index in [0.29, 0.717) is 17.8 Å². The van der Waals surface area contributed by atoms with Gasteiger partial charge in [-0.05, 0) is 25.1 Å². The van der Waals surface area contributed by atoms with E-state index in [4.69, 9.17) is 5.73 Å². The molecule has 0 aliphatic carbocycles. The summed E-state index contributed by atoms with van der Waals surface area (Å²) in [5.41, 5.74) is 10.6. The maximum Gasteiger partial charge on any atom is 0.253 e. The lowest BCUT2D eigenvalue weighted by Gasteiger charge is -2.03. The van der Waals surface area contributed by atoms with Crippen molar-refractivity contribution in [3.63, 3.8) is 0 Å². The number of amides is 1. The Morgan fingerprint density at radius 1 is 1.50 bits per heavy atom. The molecule has 20 heavy (non-hydrogen) atoms. The molecule has 3 aromatic rings. The van der Waals surface area contributed by atoms with Gasteiger partial charge in [0.25, 0.3) is 5.91 Å². The van der Waals surface area contributed by atoms with E-state index in [1.54, 1.807) is 29.1 Å². The minimum Gasteiger partial charge on any atom is -0.399 e. The number of aryl methyl sites for hydroxylation is 1. The second-order valence-electron chi connectivity index (χ2n) is 4.55. The minimum absolute atomic E-state index is 0.103. The first-order chi connectivity index (χ1) is 9.65. The molecule has 0 aliphatic rings. The number of hydrogen-bond acceptors (Lipinski definition) is 4. The van der Waals surface area contributed by atoms with Crippen molar-refractivity contribution < 1.29 is 4.79 Å². The van der Waals surface area contributed by atoms with Crippen LogP contribution in [0.5, 0.6) is 0 Å². The Bertz CT molecular complexity index is 774. The number of rotatable bonds is 3. The molecule has 1 aromatic carbocycles. The minimum atomic E-state index is -0.103. The van der Waals surface area contributed by atoms with Crippen molar-refractivity contribution in [1.82, 2.24) is 15.3 Å². The van der Waals surface area contributed by atoms with Crippen molar-refractivity contribution in [2.45, 2.75) is 13.5 Å². The summed E-state index contributed by atoms with van der Waals surface area (Å²) >= 11 is 1.54. The maximum atomic E-state index is 12.2. The number of nitrogens with two attached hydrogens (primary N) is 1. The predicted molar refractivity (Wildman–Crippen MR) is 80.7 cm³/mol. The largest absolute Gasteiger partial charge is 0.399 e. The van der Waals surface area contributed by atoms with Crippen molar-refractivity contribution in [2.24, 2.45) is 0 Å². The lowest BCUT2D eigenvalue weighted by molar-refractivity contribution is 0.0953. The van der Waals surface area contributed by atoms with Crippen LogP contribution in [0.3, 0.4) is 0 Å². The number of nitrogen functional groups attached to an aromatic ring is 1. The Morgan fingerprint density at radius 3 is 3.10 bits per heavy atom. The summed E-state index contributed by atoms with van der Waals surface area (Å²) in [6.07, 6.45) is 1.71. The van der Waals surface area contributed by atoms with E-state index in [0.717, 1.165) is 21.5 Å². The second kappa shape index (κ2) is 4.97. The van der Waals surface area contributed by atoms with Gasteiger partial charge in [0.2, 0.25) is 0 Å². The zero-order valence-corrected chi connectivity index (χ0v) is 11.8. The van der Waals surface area contributed by atoms with Crippen LogP contribution in [0.25, 0.3) is 10.9 Å². The fraction of sp³-hybridized carbons (Fsp3) is 0.143. The van der Waals surface area contributed by atoms with Crippen molar-refractivity contribution in [3.8, 4) is 0 Å². The molecule has 0 spiro atoms.